The molecule has 0 bridgehead atoms. The standard InChI is InChI=1S/C21H15F3N4O4S/c1-11-26-18(19(29)31-2)20(33-11)32-17-7-6-12(8-16(17)24)28-21(30)27(10-25-28)9-13-14(22)4-3-5-15(13)23/h3-8,10H,9H2,1-2H3. The number of benzene rings is 2. The number of ether oxygens (including phenoxy) is 2. The van der Waals surface area contributed by atoms with Crippen LogP contribution in [0.3, 0.4) is 0 Å². The molecule has 12 heteroatoms. The van der Waals surface area contributed by atoms with E-state index in [9.17, 15) is 22.8 Å². The number of esters is 1. The number of aryl methyl sites for hydroxylation is 1. The highest BCUT2D eigenvalue weighted by Crippen LogP contribution is 2.33. The van der Waals surface area contributed by atoms with Crippen molar-refractivity contribution in [1.82, 2.24) is 19.3 Å². The fourth-order valence-electron chi connectivity index (χ4n) is 2.98. The highest BCUT2D eigenvalue weighted by atomic mass is 32.1. The van der Waals surface area contributed by atoms with E-state index in [1.165, 1.54) is 25.3 Å². The van der Waals surface area contributed by atoms with Crippen molar-refractivity contribution in [2.75, 3.05) is 7.11 Å². The first-order valence-corrected chi connectivity index (χ1v) is 10.2. The Morgan fingerprint density at radius 3 is 2.52 bits per heavy atom. The van der Waals surface area contributed by atoms with E-state index < -0.39 is 29.1 Å². The van der Waals surface area contributed by atoms with E-state index in [4.69, 9.17) is 4.74 Å². The molecule has 4 rings (SSSR count). The zero-order valence-electron chi connectivity index (χ0n) is 17.2. The molecule has 0 radical (unpaired) electrons. The van der Waals surface area contributed by atoms with E-state index in [-0.39, 0.29) is 34.3 Å². The molecule has 0 atom stereocenters. The summed E-state index contributed by atoms with van der Waals surface area (Å²) in [7, 11) is 1.19. The molecule has 33 heavy (non-hydrogen) atoms. The SMILES string of the molecule is COC(=O)c1nc(C)sc1Oc1ccc(-n2ncn(Cc3c(F)cccc3F)c2=O)cc1F. The predicted molar refractivity (Wildman–Crippen MR) is 112 cm³/mol. The molecule has 0 spiro atoms. The summed E-state index contributed by atoms with van der Waals surface area (Å²) >= 11 is 1.04. The molecule has 0 aliphatic heterocycles. The second-order valence-corrected chi connectivity index (χ2v) is 7.90. The zero-order chi connectivity index (χ0) is 23.7. The van der Waals surface area contributed by atoms with Gasteiger partial charge in [-0.2, -0.15) is 9.78 Å². The monoisotopic (exact) mass is 476 g/mol. The van der Waals surface area contributed by atoms with Crippen LogP contribution in [0.2, 0.25) is 0 Å². The van der Waals surface area contributed by atoms with Gasteiger partial charge in [-0.3, -0.25) is 4.57 Å². The van der Waals surface area contributed by atoms with E-state index in [0.29, 0.717) is 5.01 Å². The van der Waals surface area contributed by atoms with Crippen LogP contribution in [0.25, 0.3) is 5.69 Å². The Bertz CT molecular complexity index is 1390. The maximum Gasteiger partial charge on any atom is 0.361 e. The quantitative estimate of drug-likeness (QED) is 0.393. The van der Waals surface area contributed by atoms with Gasteiger partial charge in [-0.05, 0) is 31.2 Å². The van der Waals surface area contributed by atoms with Crippen LogP contribution in [0, 0.1) is 24.4 Å². The largest absolute Gasteiger partial charge is 0.464 e. The minimum Gasteiger partial charge on any atom is -0.464 e. The summed E-state index contributed by atoms with van der Waals surface area (Å²) in [6.07, 6.45) is 1.10. The van der Waals surface area contributed by atoms with Crippen LogP contribution in [0.4, 0.5) is 13.2 Å². The summed E-state index contributed by atoms with van der Waals surface area (Å²) in [4.78, 5) is 28.5. The van der Waals surface area contributed by atoms with Crippen LogP contribution in [0.1, 0.15) is 21.1 Å². The molecule has 0 unspecified atom stereocenters. The Kier molecular flexibility index (Phi) is 6.01. The van der Waals surface area contributed by atoms with Gasteiger partial charge in [-0.25, -0.2) is 27.7 Å². The van der Waals surface area contributed by atoms with Crippen molar-refractivity contribution in [3.63, 3.8) is 0 Å². The van der Waals surface area contributed by atoms with E-state index in [2.05, 4.69) is 14.8 Å². The lowest BCUT2D eigenvalue weighted by molar-refractivity contribution is 0.0592. The number of aromatic nitrogens is 4. The van der Waals surface area contributed by atoms with Gasteiger partial charge in [0.1, 0.15) is 18.0 Å². The molecular formula is C21H15F3N4O4S. The molecule has 0 N–H and O–H groups in total. The molecular weight excluding hydrogens is 461 g/mol. The number of rotatable bonds is 6. The molecule has 0 saturated heterocycles. The Hall–Kier alpha value is -3.93. The fraction of sp³-hybridized carbons (Fsp3) is 0.143. The Labute approximate surface area is 188 Å². The lowest BCUT2D eigenvalue weighted by Crippen LogP contribution is -2.24. The Balaban J connectivity index is 1.61. The maximum atomic E-state index is 14.7. The number of hydrogen-bond donors (Lipinski definition) is 0. The van der Waals surface area contributed by atoms with Gasteiger partial charge in [-0.1, -0.05) is 17.4 Å². The van der Waals surface area contributed by atoms with Crippen molar-refractivity contribution in [3.05, 3.63) is 86.9 Å². The predicted octanol–water partition coefficient (Wildman–Crippen LogP) is 3.84. The van der Waals surface area contributed by atoms with Gasteiger partial charge >= 0.3 is 11.7 Å². The number of halogens is 3. The fourth-order valence-corrected chi connectivity index (χ4v) is 3.74. The number of carbonyl (C=O) groups is 1. The number of thiazole rings is 1. The normalized spacial score (nSPS) is 10.9. The van der Waals surface area contributed by atoms with Crippen LogP contribution < -0.4 is 10.4 Å². The van der Waals surface area contributed by atoms with Crippen molar-refractivity contribution in [2.45, 2.75) is 13.5 Å². The topological polar surface area (TPSA) is 88.2 Å². The van der Waals surface area contributed by atoms with Crippen molar-refractivity contribution in [3.8, 4) is 16.5 Å². The summed E-state index contributed by atoms with van der Waals surface area (Å²) in [6, 6.07) is 7.00. The summed E-state index contributed by atoms with van der Waals surface area (Å²) in [6.45, 7) is 1.27. The molecule has 170 valence electrons. The van der Waals surface area contributed by atoms with Gasteiger partial charge < -0.3 is 9.47 Å². The minimum absolute atomic E-state index is 0.0550. The smallest absolute Gasteiger partial charge is 0.361 e. The van der Waals surface area contributed by atoms with E-state index in [1.807, 2.05) is 0 Å². The summed E-state index contributed by atoms with van der Waals surface area (Å²) in [5.74, 6) is -3.38. The lowest BCUT2D eigenvalue weighted by Gasteiger charge is -2.07. The van der Waals surface area contributed by atoms with Crippen LogP contribution >= 0.6 is 11.3 Å². The van der Waals surface area contributed by atoms with E-state index in [1.54, 1.807) is 6.92 Å². The highest BCUT2D eigenvalue weighted by molar-refractivity contribution is 7.13. The molecule has 0 aliphatic rings. The van der Waals surface area contributed by atoms with Gasteiger partial charge in [0.15, 0.2) is 11.6 Å². The summed E-state index contributed by atoms with van der Waals surface area (Å²) in [5.41, 5.74) is -1.04. The third kappa shape index (κ3) is 4.37. The van der Waals surface area contributed by atoms with Crippen LogP contribution in [-0.2, 0) is 11.3 Å². The maximum absolute atomic E-state index is 14.7. The number of carbonyl (C=O) groups excluding carboxylic acids is 1. The second kappa shape index (κ2) is 8.90. The van der Waals surface area contributed by atoms with E-state index in [0.717, 1.165) is 45.1 Å². The number of methoxy groups -OCH3 is 1. The third-order valence-corrected chi connectivity index (χ3v) is 5.42. The Morgan fingerprint density at radius 2 is 1.85 bits per heavy atom. The average Bonchev–Trinajstić information content (AvgIpc) is 3.33. The number of nitrogens with zero attached hydrogens (tertiary/aromatic N) is 4. The van der Waals surface area contributed by atoms with Gasteiger partial charge in [0.05, 0.1) is 24.3 Å². The highest BCUT2D eigenvalue weighted by Gasteiger charge is 2.21. The summed E-state index contributed by atoms with van der Waals surface area (Å²) in [5, 5.41) is 4.47. The zero-order valence-corrected chi connectivity index (χ0v) is 18.0. The van der Waals surface area contributed by atoms with E-state index >= 15 is 0 Å². The molecule has 0 fully saturated rings. The van der Waals surface area contributed by atoms with Crippen molar-refractivity contribution in [1.29, 1.82) is 0 Å². The molecule has 0 aliphatic carbocycles. The molecule has 8 nitrogen and oxygen atoms in total. The average molecular weight is 476 g/mol. The van der Waals surface area contributed by atoms with Gasteiger partial charge in [0.2, 0.25) is 10.8 Å². The Morgan fingerprint density at radius 1 is 1.12 bits per heavy atom. The lowest BCUT2D eigenvalue weighted by atomic mass is 10.2. The van der Waals surface area contributed by atoms with Crippen molar-refractivity contribution >= 4 is 17.3 Å². The van der Waals surface area contributed by atoms with Crippen LogP contribution in [0.5, 0.6) is 10.8 Å². The van der Waals surface area contributed by atoms with Crippen molar-refractivity contribution in [2.24, 2.45) is 0 Å². The van der Waals surface area contributed by atoms with Gasteiger partial charge in [0, 0.05) is 11.6 Å². The third-order valence-electron chi connectivity index (χ3n) is 4.57. The molecule has 2 aromatic carbocycles. The second-order valence-electron chi connectivity index (χ2n) is 6.73. The van der Waals surface area contributed by atoms with Gasteiger partial charge in [-0.15, -0.1) is 0 Å². The van der Waals surface area contributed by atoms with Crippen molar-refractivity contribution < 1.29 is 27.4 Å². The van der Waals surface area contributed by atoms with Crippen LogP contribution in [-0.4, -0.2) is 32.4 Å². The molecule has 0 saturated carbocycles. The van der Waals surface area contributed by atoms with Crippen LogP contribution in [0.15, 0.2) is 47.5 Å². The first-order chi connectivity index (χ1) is 15.8. The number of hydrogen-bond acceptors (Lipinski definition) is 7. The minimum atomic E-state index is -0.837. The first kappa shape index (κ1) is 22.3. The first-order valence-electron chi connectivity index (χ1n) is 9.39. The van der Waals surface area contributed by atoms with Gasteiger partial charge in [0.25, 0.3) is 0 Å². The molecule has 0 amide bonds. The molecule has 2 aromatic heterocycles. The molecule has 4 aromatic rings. The molecule has 2 heterocycles. The summed E-state index contributed by atoms with van der Waals surface area (Å²) < 4.78 is 54.5.